The number of aromatic amines is 1. The van der Waals surface area contributed by atoms with Crippen LogP contribution in [0.3, 0.4) is 0 Å². The van der Waals surface area contributed by atoms with E-state index < -0.39 is 0 Å². The van der Waals surface area contributed by atoms with Crippen molar-refractivity contribution in [1.29, 1.82) is 0 Å². The first-order valence-corrected chi connectivity index (χ1v) is 11.4. The molecule has 7 heteroatoms. The number of aromatic nitrogens is 4. The van der Waals surface area contributed by atoms with Gasteiger partial charge in [0.2, 0.25) is 0 Å². The molecule has 0 radical (unpaired) electrons. The van der Waals surface area contributed by atoms with Crippen molar-refractivity contribution in [1.82, 2.24) is 24.9 Å². The summed E-state index contributed by atoms with van der Waals surface area (Å²) in [5.74, 6) is 0. The average molecular weight is 601 g/mol. The molecule has 28 heavy (non-hydrogen) atoms. The summed E-state index contributed by atoms with van der Waals surface area (Å²) in [4.78, 5) is 2.21. The molecule has 0 amide bonds. The van der Waals surface area contributed by atoms with E-state index in [0.717, 1.165) is 32.4 Å². The van der Waals surface area contributed by atoms with Crippen molar-refractivity contribution in [2.75, 3.05) is 20.6 Å². The van der Waals surface area contributed by atoms with Gasteiger partial charge in [-0.15, -0.1) is 0 Å². The largest absolute Gasteiger partial charge is 0.309 e. The van der Waals surface area contributed by atoms with Gasteiger partial charge in [0.15, 0.2) is 0 Å². The second kappa shape index (κ2) is 9.53. The summed E-state index contributed by atoms with van der Waals surface area (Å²) in [5, 5.41) is 14.2. The van der Waals surface area contributed by atoms with Crippen LogP contribution in [0.2, 0.25) is 0 Å². The molecule has 4 aromatic rings. The molecule has 2 aromatic carbocycles. The molecule has 2 heterocycles. The molecule has 2 aromatic heterocycles. The normalized spacial score (nSPS) is 11.2. The van der Waals surface area contributed by atoms with E-state index >= 15 is 0 Å². The lowest BCUT2D eigenvalue weighted by molar-refractivity contribution is 0.382. The van der Waals surface area contributed by atoms with Crippen LogP contribution in [0.25, 0.3) is 21.8 Å². The van der Waals surface area contributed by atoms with Crippen molar-refractivity contribution in [3.05, 3.63) is 54.9 Å². The fourth-order valence-corrected chi connectivity index (χ4v) is 4.33. The Morgan fingerprint density at radius 2 is 1.68 bits per heavy atom. The lowest BCUT2D eigenvalue weighted by Crippen LogP contribution is -2.15. The highest BCUT2D eigenvalue weighted by Crippen LogP contribution is 2.21. The van der Waals surface area contributed by atoms with Crippen molar-refractivity contribution < 1.29 is 0 Å². The molecule has 0 bridgehead atoms. The fraction of sp³-hybridized carbons (Fsp3) is 0.333. The first-order chi connectivity index (χ1) is 13.3. The number of rotatable bonds is 4. The summed E-state index contributed by atoms with van der Waals surface area (Å²) in [7, 11) is 4.21. The Bertz CT molecular complexity index is 1080. The summed E-state index contributed by atoms with van der Waals surface area (Å²) in [6.07, 6.45) is 1.13. The third-order valence-corrected chi connectivity index (χ3v) is 6.12. The maximum atomic E-state index is 4.61. The molecular weight excluding hydrogens is 576 g/mol. The summed E-state index contributed by atoms with van der Waals surface area (Å²) < 4.78 is 4.34. The SMILES string of the molecule is Cc1ccc2c(I)[nH]nc2c1.Cc1ccc2c(I)nn(CCCN(C)C)c2c1. The second-order valence-electron chi connectivity index (χ2n) is 7.25. The monoisotopic (exact) mass is 601 g/mol. The Labute approximate surface area is 193 Å². The molecule has 0 saturated carbocycles. The zero-order valence-corrected chi connectivity index (χ0v) is 20.9. The summed E-state index contributed by atoms with van der Waals surface area (Å²) in [6.45, 7) is 6.29. The first kappa shape index (κ1) is 21.5. The van der Waals surface area contributed by atoms with Crippen molar-refractivity contribution in [3.8, 4) is 0 Å². The summed E-state index contributed by atoms with van der Waals surface area (Å²) in [6, 6.07) is 12.8. The maximum absolute atomic E-state index is 4.61. The highest BCUT2D eigenvalue weighted by atomic mass is 127. The number of fused-ring (bicyclic) bond motifs is 2. The molecule has 0 spiro atoms. The predicted octanol–water partition coefficient (Wildman–Crippen LogP) is 5.38. The van der Waals surface area contributed by atoms with Gasteiger partial charge >= 0.3 is 0 Å². The van der Waals surface area contributed by atoms with E-state index in [2.05, 4.69) is 134 Å². The van der Waals surface area contributed by atoms with Gasteiger partial charge in [0.1, 0.15) is 7.40 Å². The Morgan fingerprint density at radius 3 is 2.39 bits per heavy atom. The highest BCUT2D eigenvalue weighted by Gasteiger charge is 2.08. The van der Waals surface area contributed by atoms with Gasteiger partial charge in [0.25, 0.3) is 0 Å². The predicted molar refractivity (Wildman–Crippen MR) is 134 cm³/mol. The van der Waals surface area contributed by atoms with E-state index in [1.807, 2.05) is 0 Å². The van der Waals surface area contributed by atoms with Gasteiger partial charge in [0.05, 0.1) is 11.0 Å². The highest BCUT2D eigenvalue weighted by molar-refractivity contribution is 14.1. The van der Waals surface area contributed by atoms with E-state index in [1.165, 1.54) is 27.4 Å². The third kappa shape index (κ3) is 5.24. The minimum atomic E-state index is 0.987. The quantitative estimate of drug-likeness (QED) is 0.320. The molecular formula is C21H25I2N5. The standard InChI is InChI=1S/C13H18IN3.C8H7IN2/c1-10-5-6-11-12(9-10)17(15-13(11)14)8-4-7-16(2)3;1-5-2-3-6-7(4-5)10-11-8(6)9/h5-6,9H,4,7-8H2,1-3H3;2-4H,1H3,(H,10,11). The first-order valence-electron chi connectivity index (χ1n) is 9.23. The maximum Gasteiger partial charge on any atom is 0.131 e. The molecule has 4 rings (SSSR count). The van der Waals surface area contributed by atoms with Gasteiger partial charge in [-0.25, -0.2) is 0 Å². The lowest BCUT2D eigenvalue weighted by Gasteiger charge is -2.09. The van der Waals surface area contributed by atoms with E-state index in [0.29, 0.717) is 0 Å². The zero-order chi connectivity index (χ0) is 20.3. The number of hydrogen-bond donors (Lipinski definition) is 1. The molecule has 0 aliphatic carbocycles. The topological polar surface area (TPSA) is 49.7 Å². The lowest BCUT2D eigenvalue weighted by atomic mass is 10.2. The van der Waals surface area contributed by atoms with Crippen molar-refractivity contribution >= 4 is 67.0 Å². The van der Waals surface area contributed by atoms with Crippen LogP contribution in [-0.2, 0) is 6.54 Å². The van der Waals surface area contributed by atoms with Crippen molar-refractivity contribution in [3.63, 3.8) is 0 Å². The molecule has 0 aliphatic heterocycles. The molecule has 0 fully saturated rings. The Hall–Kier alpha value is -1.20. The number of H-pyrrole nitrogens is 1. The van der Waals surface area contributed by atoms with Gasteiger partial charge < -0.3 is 4.90 Å². The van der Waals surface area contributed by atoms with Gasteiger partial charge in [-0.2, -0.15) is 10.2 Å². The number of nitrogens with one attached hydrogen (secondary N) is 1. The van der Waals surface area contributed by atoms with E-state index in [4.69, 9.17) is 0 Å². The minimum absolute atomic E-state index is 0.987. The Kier molecular flexibility index (Phi) is 7.32. The zero-order valence-electron chi connectivity index (χ0n) is 16.6. The van der Waals surface area contributed by atoms with Crippen molar-refractivity contribution in [2.24, 2.45) is 0 Å². The van der Waals surface area contributed by atoms with Crippen LogP contribution in [0.5, 0.6) is 0 Å². The molecule has 0 aliphatic rings. The molecule has 0 saturated heterocycles. The van der Waals surface area contributed by atoms with Crippen LogP contribution in [0.1, 0.15) is 17.5 Å². The molecule has 0 unspecified atom stereocenters. The van der Waals surface area contributed by atoms with Crippen LogP contribution in [0.4, 0.5) is 0 Å². The van der Waals surface area contributed by atoms with Crippen molar-refractivity contribution in [2.45, 2.75) is 26.8 Å². The van der Waals surface area contributed by atoms with E-state index in [9.17, 15) is 0 Å². The summed E-state index contributed by atoms with van der Waals surface area (Å²) >= 11 is 4.56. The number of benzene rings is 2. The molecule has 1 N–H and O–H groups in total. The minimum Gasteiger partial charge on any atom is -0.309 e. The van der Waals surface area contributed by atoms with Gasteiger partial charge in [-0.1, -0.05) is 12.1 Å². The summed E-state index contributed by atoms with van der Waals surface area (Å²) in [5.41, 5.74) is 4.85. The molecule has 5 nitrogen and oxygen atoms in total. The smallest absolute Gasteiger partial charge is 0.131 e. The fourth-order valence-electron chi connectivity index (χ4n) is 3.04. The number of nitrogens with zero attached hydrogens (tertiary/aromatic N) is 4. The van der Waals surface area contributed by atoms with Crippen LogP contribution in [-0.4, -0.2) is 45.5 Å². The van der Waals surface area contributed by atoms with Crippen LogP contribution in [0.15, 0.2) is 36.4 Å². The number of aryl methyl sites for hydroxylation is 3. The second-order valence-corrected chi connectivity index (χ2v) is 9.35. The third-order valence-electron chi connectivity index (χ3n) is 4.50. The van der Waals surface area contributed by atoms with Gasteiger partial charge in [0, 0.05) is 17.3 Å². The molecule has 0 atom stereocenters. The number of halogens is 2. The van der Waals surface area contributed by atoms with Crippen LogP contribution in [0, 0.1) is 21.2 Å². The molecule has 148 valence electrons. The van der Waals surface area contributed by atoms with E-state index in [1.54, 1.807) is 0 Å². The Balaban J connectivity index is 0.000000176. The van der Waals surface area contributed by atoms with Gasteiger partial charge in [-0.3, -0.25) is 9.78 Å². The van der Waals surface area contributed by atoms with Crippen LogP contribution < -0.4 is 0 Å². The average Bonchev–Trinajstić information content (AvgIpc) is 3.15. The number of hydrogen-bond acceptors (Lipinski definition) is 3. The van der Waals surface area contributed by atoms with Gasteiger partial charge in [-0.05, 0) is 121 Å². The Morgan fingerprint density at radius 1 is 1.00 bits per heavy atom. The van der Waals surface area contributed by atoms with Crippen LogP contribution >= 0.6 is 45.2 Å². The van der Waals surface area contributed by atoms with E-state index in [-0.39, 0.29) is 0 Å².